The zero-order chi connectivity index (χ0) is 22.6. The van der Waals surface area contributed by atoms with Gasteiger partial charge in [-0.3, -0.25) is 4.79 Å². The summed E-state index contributed by atoms with van der Waals surface area (Å²) >= 11 is 6.36. The van der Waals surface area contributed by atoms with Gasteiger partial charge in [-0.2, -0.15) is 0 Å². The van der Waals surface area contributed by atoms with E-state index in [-0.39, 0.29) is 5.97 Å². The van der Waals surface area contributed by atoms with Crippen molar-refractivity contribution < 1.29 is 14.1 Å². The van der Waals surface area contributed by atoms with Crippen LogP contribution in [-0.2, 0) is 9.53 Å². The Hall–Kier alpha value is -2.67. The lowest BCUT2D eigenvalue weighted by atomic mass is 10.0. The molecule has 0 atom stereocenters. The average molecular weight is 445 g/mol. The summed E-state index contributed by atoms with van der Waals surface area (Å²) in [6.07, 6.45) is 3.02. The van der Waals surface area contributed by atoms with Crippen molar-refractivity contribution in [1.29, 1.82) is 0 Å². The van der Waals surface area contributed by atoms with Crippen LogP contribution in [0.25, 0.3) is 22.2 Å². The minimum Gasteiger partial charge on any atom is -0.460 e. The van der Waals surface area contributed by atoms with Gasteiger partial charge in [0, 0.05) is 18.5 Å². The molecule has 0 radical (unpaired) electrons. The Morgan fingerprint density at radius 1 is 1.13 bits per heavy atom. The quantitative estimate of drug-likeness (QED) is 0.343. The molecule has 8 heteroatoms. The maximum absolute atomic E-state index is 11.7. The number of carbonyl (C=O) groups excluding carboxylic acids is 1. The summed E-state index contributed by atoms with van der Waals surface area (Å²) in [5, 5.41) is 7.59. The molecule has 2 heterocycles. The number of nitrogens with one attached hydrogen (secondary N) is 1. The first-order valence-corrected chi connectivity index (χ1v) is 10.9. The predicted molar refractivity (Wildman–Crippen MR) is 122 cm³/mol. The van der Waals surface area contributed by atoms with Crippen molar-refractivity contribution >= 4 is 34.4 Å². The van der Waals surface area contributed by atoms with E-state index < -0.39 is 5.60 Å². The van der Waals surface area contributed by atoms with E-state index >= 15 is 0 Å². The summed E-state index contributed by atoms with van der Waals surface area (Å²) in [5.41, 5.74) is 3.81. The second-order valence-electron chi connectivity index (χ2n) is 8.59. The average Bonchev–Trinajstić information content (AvgIpc) is 3.01. The second-order valence-corrected chi connectivity index (χ2v) is 8.95. The van der Waals surface area contributed by atoms with Crippen LogP contribution >= 0.6 is 11.6 Å². The van der Waals surface area contributed by atoms with Crippen LogP contribution in [0.4, 0.5) is 5.82 Å². The molecular formula is C23H29ClN4O3. The van der Waals surface area contributed by atoms with Gasteiger partial charge in [0.25, 0.3) is 0 Å². The van der Waals surface area contributed by atoms with Gasteiger partial charge in [0.15, 0.2) is 11.0 Å². The highest BCUT2D eigenvalue weighted by Gasteiger charge is 2.16. The summed E-state index contributed by atoms with van der Waals surface area (Å²) < 4.78 is 10.6. The van der Waals surface area contributed by atoms with Crippen LogP contribution in [0.15, 0.2) is 22.7 Å². The number of unbranched alkanes of at least 4 members (excludes halogenated alkanes) is 2. The van der Waals surface area contributed by atoms with E-state index in [1.165, 1.54) is 0 Å². The molecule has 3 rings (SSSR count). The summed E-state index contributed by atoms with van der Waals surface area (Å²) in [6.45, 7) is 10.1. The molecule has 0 amide bonds. The highest BCUT2D eigenvalue weighted by Crippen LogP contribution is 2.30. The van der Waals surface area contributed by atoms with Gasteiger partial charge in [0.2, 0.25) is 0 Å². The Bertz CT molecular complexity index is 1050. The molecule has 7 nitrogen and oxygen atoms in total. The molecule has 0 saturated carbocycles. The number of aromatic nitrogens is 3. The lowest BCUT2D eigenvalue weighted by Crippen LogP contribution is -2.23. The maximum Gasteiger partial charge on any atom is 0.306 e. The molecule has 166 valence electrons. The second kappa shape index (κ2) is 9.64. The molecule has 2 aromatic heterocycles. The summed E-state index contributed by atoms with van der Waals surface area (Å²) in [7, 11) is 0. The molecule has 1 N–H and O–H groups in total. The van der Waals surface area contributed by atoms with Crippen molar-refractivity contribution in [2.45, 2.75) is 65.9 Å². The molecule has 0 fully saturated rings. The number of hydrogen-bond acceptors (Lipinski definition) is 7. The van der Waals surface area contributed by atoms with Gasteiger partial charge in [-0.05, 0) is 65.2 Å². The number of benzene rings is 1. The van der Waals surface area contributed by atoms with Gasteiger partial charge >= 0.3 is 5.97 Å². The van der Waals surface area contributed by atoms with E-state index in [0.29, 0.717) is 29.5 Å². The SMILES string of the molecule is Cc1noc(C)c1-c1ccc2nc(NCCCCCC(=O)OC(C)(C)C)c(Cl)nc2c1. The Kier molecular flexibility index (Phi) is 7.15. The summed E-state index contributed by atoms with van der Waals surface area (Å²) in [4.78, 5) is 20.9. The fourth-order valence-electron chi connectivity index (χ4n) is 3.37. The Labute approximate surface area is 187 Å². The summed E-state index contributed by atoms with van der Waals surface area (Å²) in [6, 6.07) is 5.85. The lowest BCUT2D eigenvalue weighted by molar-refractivity contribution is -0.154. The molecule has 0 aliphatic rings. The number of aryl methyl sites for hydroxylation is 2. The van der Waals surface area contributed by atoms with Crippen molar-refractivity contribution in [1.82, 2.24) is 15.1 Å². The minimum atomic E-state index is -0.433. The van der Waals surface area contributed by atoms with Gasteiger partial charge in [-0.25, -0.2) is 9.97 Å². The van der Waals surface area contributed by atoms with Crippen molar-refractivity contribution in [2.75, 3.05) is 11.9 Å². The van der Waals surface area contributed by atoms with Crippen molar-refractivity contribution in [2.24, 2.45) is 0 Å². The number of esters is 1. The molecule has 0 unspecified atom stereocenters. The third-order valence-electron chi connectivity index (χ3n) is 4.71. The van der Waals surface area contributed by atoms with Crippen LogP contribution in [-0.4, -0.2) is 33.2 Å². The van der Waals surface area contributed by atoms with Gasteiger partial charge in [-0.15, -0.1) is 0 Å². The number of anilines is 1. The van der Waals surface area contributed by atoms with Crippen molar-refractivity contribution in [3.05, 3.63) is 34.8 Å². The van der Waals surface area contributed by atoms with Crippen LogP contribution in [0.1, 0.15) is 57.9 Å². The fraction of sp³-hybridized carbons (Fsp3) is 0.478. The van der Waals surface area contributed by atoms with E-state index in [1.807, 2.05) is 52.8 Å². The monoisotopic (exact) mass is 444 g/mol. The Morgan fingerprint density at radius 3 is 2.58 bits per heavy atom. The van der Waals surface area contributed by atoms with E-state index in [2.05, 4.69) is 20.4 Å². The van der Waals surface area contributed by atoms with Crippen molar-refractivity contribution in [3.8, 4) is 11.1 Å². The van der Waals surface area contributed by atoms with Crippen LogP contribution in [0.3, 0.4) is 0 Å². The van der Waals surface area contributed by atoms with E-state index in [0.717, 1.165) is 47.4 Å². The van der Waals surface area contributed by atoms with Gasteiger partial charge in [-0.1, -0.05) is 29.2 Å². The molecule has 0 aliphatic carbocycles. The highest BCUT2D eigenvalue weighted by molar-refractivity contribution is 6.32. The Balaban J connectivity index is 1.55. The predicted octanol–water partition coefficient (Wildman–Crippen LogP) is 5.87. The van der Waals surface area contributed by atoms with E-state index in [9.17, 15) is 4.79 Å². The van der Waals surface area contributed by atoms with Crippen LogP contribution in [0.2, 0.25) is 5.15 Å². The number of carbonyl (C=O) groups is 1. The lowest BCUT2D eigenvalue weighted by Gasteiger charge is -2.19. The number of fused-ring (bicyclic) bond motifs is 1. The zero-order valence-electron chi connectivity index (χ0n) is 18.7. The largest absolute Gasteiger partial charge is 0.460 e. The van der Waals surface area contributed by atoms with E-state index in [1.54, 1.807) is 0 Å². The normalized spacial score (nSPS) is 11.7. The van der Waals surface area contributed by atoms with Crippen LogP contribution in [0.5, 0.6) is 0 Å². The van der Waals surface area contributed by atoms with Gasteiger partial charge in [0.05, 0.1) is 16.7 Å². The van der Waals surface area contributed by atoms with Crippen LogP contribution in [0, 0.1) is 13.8 Å². The number of hydrogen-bond donors (Lipinski definition) is 1. The molecule has 3 aromatic rings. The molecule has 0 saturated heterocycles. The first-order chi connectivity index (χ1) is 14.6. The van der Waals surface area contributed by atoms with Crippen LogP contribution < -0.4 is 5.32 Å². The molecule has 0 bridgehead atoms. The number of halogens is 1. The Morgan fingerprint density at radius 2 is 1.90 bits per heavy atom. The van der Waals surface area contributed by atoms with E-state index in [4.69, 9.17) is 20.9 Å². The molecule has 0 aliphatic heterocycles. The standard InChI is InChI=1S/C23H29ClN4O3/c1-14-20(15(2)31-28-14)16-10-11-17-18(13-16)26-21(24)22(27-17)25-12-8-6-7-9-19(29)30-23(3,4)5/h10-11,13H,6-9,12H2,1-5H3,(H,25,27). The number of ether oxygens (including phenoxy) is 1. The highest BCUT2D eigenvalue weighted by atomic mass is 35.5. The molecule has 31 heavy (non-hydrogen) atoms. The zero-order valence-corrected chi connectivity index (χ0v) is 19.5. The third kappa shape index (κ3) is 6.17. The molecule has 0 spiro atoms. The maximum atomic E-state index is 11.7. The topological polar surface area (TPSA) is 90.1 Å². The minimum absolute atomic E-state index is 0.153. The third-order valence-corrected chi connectivity index (χ3v) is 4.98. The van der Waals surface area contributed by atoms with Gasteiger partial charge in [0.1, 0.15) is 11.4 Å². The molecular weight excluding hydrogens is 416 g/mol. The number of rotatable bonds is 8. The van der Waals surface area contributed by atoms with Crippen molar-refractivity contribution in [3.63, 3.8) is 0 Å². The smallest absolute Gasteiger partial charge is 0.306 e. The molecule has 1 aromatic carbocycles. The fourth-order valence-corrected chi connectivity index (χ4v) is 3.57. The first-order valence-electron chi connectivity index (χ1n) is 10.5. The van der Waals surface area contributed by atoms with Gasteiger partial charge < -0.3 is 14.6 Å². The first kappa shape index (κ1) is 23.0. The summed E-state index contributed by atoms with van der Waals surface area (Å²) in [5.74, 6) is 1.17. The number of nitrogens with zero attached hydrogens (tertiary/aromatic N) is 3.